The van der Waals surface area contributed by atoms with Crippen LogP contribution in [0.15, 0.2) is 18.2 Å². The van der Waals surface area contributed by atoms with E-state index in [0.29, 0.717) is 11.5 Å². The first-order valence-electron chi connectivity index (χ1n) is 7.73. The molecule has 2 heterocycles. The lowest BCUT2D eigenvalue weighted by Gasteiger charge is -2.41. The smallest absolute Gasteiger partial charge is 0.130 e. The van der Waals surface area contributed by atoms with Crippen molar-refractivity contribution in [2.45, 2.75) is 18.9 Å². The molecule has 0 radical (unpaired) electrons. The van der Waals surface area contributed by atoms with Crippen LogP contribution in [0.5, 0.6) is 0 Å². The Morgan fingerprint density at radius 2 is 1.74 bits per heavy atom. The molecule has 0 saturated carbocycles. The van der Waals surface area contributed by atoms with Gasteiger partial charge in [0.15, 0.2) is 0 Å². The molecule has 3 rings (SSSR count). The Balaban J connectivity index is 0.00000132. The van der Waals surface area contributed by atoms with E-state index in [2.05, 4.69) is 10.2 Å². The first-order valence-corrected chi connectivity index (χ1v) is 7.73. The van der Waals surface area contributed by atoms with Crippen LogP contribution < -0.4 is 5.32 Å². The monoisotopic (exact) mass is 368 g/mol. The van der Waals surface area contributed by atoms with E-state index in [1.807, 2.05) is 0 Å². The van der Waals surface area contributed by atoms with E-state index < -0.39 is 11.6 Å². The summed E-state index contributed by atoms with van der Waals surface area (Å²) in [4.78, 5) is 2.34. The van der Waals surface area contributed by atoms with Crippen LogP contribution in [0.25, 0.3) is 0 Å². The van der Waals surface area contributed by atoms with Crippen molar-refractivity contribution < 1.29 is 13.5 Å². The van der Waals surface area contributed by atoms with Gasteiger partial charge >= 0.3 is 0 Å². The zero-order chi connectivity index (χ0) is 14.7. The summed E-state index contributed by atoms with van der Waals surface area (Å²) in [6, 6.07) is 4.01. The maximum Gasteiger partial charge on any atom is 0.130 e. The topological polar surface area (TPSA) is 24.5 Å². The van der Waals surface area contributed by atoms with Crippen LogP contribution in [0.1, 0.15) is 24.4 Å². The van der Waals surface area contributed by atoms with Crippen molar-refractivity contribution in [3.8, 4) is 0 Å². The standard InChI is InChI=1S/C16H22F2N2O.2ClH/c17-13-1-2-14(15(18)11-13)16(12-3-9-21-10-4-12)20-7-5-19-6-8-20;;/h1-2,11-12,16,19H,3-10H2;2*1H/t16-;;/m1../s1. The zero-order valence-corrected chi connectivity index (χ0v) is 14.6. The number of nitrogens with one attached hydrogen (secondary N) is 1. The fourth-order valence-electron chi connectivity index (χ4n) is 3.48. The SMILES string of the molecule is Cl.Cl.Fc1ccc([C@@H](C2CCOCC2)N2CCNCC2)c(F)c1. The molecule has 2 aliphatic heterocycles. The number of benzene rings is 1. The van der Waals surface area contributed by atoms with E-state index in [-0.39, 0.29) is 30.9 Å². The number of ether oxygens (including phenoxy) is 1. The first-order chi connectivity index (χ1) is 10.3. The van der Waals surface area contributed by atoms with E-state index in [0.717, 1.165) is 58.3 Å². The fourth-order valence-corrected chi connectivity index (χ4v) is 3.48. The van der Waals surface area contributed by atoms with E-state index in [1.54, 1.807) is 6.07 Å². The quantitative estimate of drug-likeness (QED) is 0.886. The molecule has 1 N–H and O–H groups in total. The molecule has 7 heteroatoms. The summed E-state index contributed by atoms with van der Waals surface area (Å²) in [5, 5.41) is 3.33. The average Bonchev–Trinajstić information content (AvgIpc) is 2.52. The van der Waals surface area contributed by atoms with Crippen molar-refractivity contribution in [2.24, 2.45) is 5.92 Å². The third-order valence-electron chi connectivity index (χ3n) is 4.54. The van der Waals surface area contributed by atoms with Gasteiger partial charge in [-0.15, -0.1) is 24.8 Å². The number of piperazine rings is 1. The minimum atomic E-state index is -0.512. The molecular formula is C16H24Cl2F2N2O. The van der Waals surface area contributed by atoms with E-state index in [1.165, 1.54) is 6.07 Å². The van der Waals surface area contributed by atoms with E-state index >= 15 is 0 Å². The predicted molar refractivity (Wildman–Crippen MR) is 91.6 cm³/mol. The first kappa shape index (κ1) is 20.6. The third kappa shape index (κ3) is 5.00. The molecule has 0 bridgehead atoms. The molecule has 2 saturated heterocycles. The Kier molecular flexibility index (Phi) is 8.72. The average molecular weight is 369 g/mol. The largest absolute Gasteiger partial charge is 0.381 e. The minimum Gasteiger partial charge on any atom is -0.381 e. The zero-order valence-electron chi connectivity index (χ0n) is 13.0. The second-order valence-corrected chi connectivity index (χ2v) is 5.85. The number of halogens is 4. The van der Waals surface area contributed by atoms with Crippen LogP contribution in [0.4, 0.5) is 8.78 Å². The maximum absolute atomic E-state index is 14.3. The van der Waals surface area contributed by atoms with Gasteiger partial charge in [-0.25, -0.2) is 8.78 Å². The highest BCUT2D eigenvalue weighted by Gasteiger charge is 2.32. The molecule has 3 nitrogen and oxygen atoms in total. The summed E-state index contributed by atoms with van der Waals surface area (Å²) in [5.74, 6) is -0.566. The van der Waals surface area contributed by atoms with E-state index in [4.69, 9.17) is 4.74 Å². The third-order valence-corrected chi connectivity index (χ3v) is 4.54. The molecule has 23 heavy (non-hydrogen) atoms. The van der Waals surface area contributed by atoms with Crippen molar-refractivity contribution >= 4 is 24.8 Å². The summed E-state index contributed by atoms with van der Waals surface area (Å²) in [6.07, 6.45) is 1.87. The lowest BCUT2D eigenvalue weighted by molar-refractivity contribution is 0.0202. The van der Waals surface area contributed by atoms with Crippen molar-refractivity contribution in [1.29, 1.82) is 0 Å². The van der Waals surface area contributed by atoms with Gasteiger partial charge in [0, 0.05) is 57.1 Å². The molecule has 2 aliphatic rings. The van der Waals surface area contributed by atoms with E-state index in [9.17, 15) is 8.78 Å². The van der Waals surface area contributed by atoms with Gasteiger partial charge in [0.25, 0.3) is 0 Å². The van der Waals surface area contributed by atoms with Crippen molar-refractivity contribution in [3.63, 3.8) is 0 Å². The summed E-state index contributed by atoms with van der Waals surface area (Å²) >= 11 is 0. The Morgan fingerprint density at radius 1 is 1.09 bits per heavy atom. The minimum absolute atomic E-state index is 0. The van der Waals surface area contributed by atoms with Gasteiger partial charge in [0.1, 0.15) is 11.6 Å². The second-order valence-electron chi connectivity index (χ2n) is 5.85. The molecule has 0 amide bonds. The van der Waals surface area contributed by atoms with Gasteiger partial charge in [-0.2, -0.15) is 0 Å². The number of hydrogen-bond donors (Lipinski definition) is 1. The lowest BCUT2D eigenvalue weighted by Crippen LogP contribution is -2.47. The molecule has 0 spiro atoms. The van der Waals surface area contributed by atoms with Gasteiger partial charge < -0.3 is 10.1 Å². The molecule has 1 aromatic rings. The molecule has 1 atom stereocenters. The van der Waals surface area contributed by atoms with Gasteiger partial charge in [0.05, 0.1) is 0 Å². The number of nitrogens with zero attached hydrogens (tertiary/aromatic N) is 1. The van der Waals surface area contributed by atoms with Crippen LogP contribution in [0, 0.1) is 17.6 Å². The Labute approximate surface area is 148 Å². The van der Waals surface area contributed by atoms with Crippen molar-refractivity contribution in [2.75, 3.05) is 39.4 Å². The summed E-state index contributed by atoms with van der Waals surface area (Å²) in [7, 11) is 0. The van der Waals surface area contributed by atoms with Crippen molar-refractivity contribution in [3.05, 3.63) is 35.4 Å². The Hall–Kier alpha value is -0.460. The molecule has 0 aromatic heterocycles. The summed E-state index contributed by atoms with van der Waals surface area (Å²) in [6.45, 7) is 5.11. The van der Waals surface area contributed by atoms with Crippen molar-refractivity contribution in [1.82, 2.24) is 10.2 Å². The van der Waals surface area contributed by atoms with Crippen LogP contribution in [0.3, 0.4) is 0 Å². The highest BCUT2D eigenvalue weighted by Crippen LogP contribution is 2.36. The highest BCUT2D eigenvalue weighted by atomic mass is 35.5. The highest BCUT2D eigenvalue weighted by molar-refractivity contribution is 5.85. The lowest BCUT2D eigenvalue weighted by atomic mass is 9.85. The molecule has 0 aliphatic carbocycles. The summed E-state index contributed by atoms with van der Waals surface area (Å²) in [5.41, 5.74) is 0.630. The summed E-state index contributed by atoms with van der Waals surface area (Å²) < 4.78 is 32.9. The van der Waals surface area contributed by atoms with Crippen LogP contribution in [0.2, 0.25) is 0 Å². The normalized spacial score (nSPS) is 21.1. The van der Waals surface area contributed by atoms with Crippen LogP contribution in [-0.2, 0) is 4.74 Å². The Morgan fingerprint density at radius 3 is 2.35 bits per heavy atom. The van der Waals surface area contributed by atoms with Crippen LogP contribution in [-0.4, -0.2) is 44.3 Å². The second kappa shape index (κ2) is 9.74. The van der Waals surface area contributed by atoms with Gasteiger partial charge in [-0.05, 0) is 24.8 Å². The number of hydrogen-bond acceptors (Lipinski definition) is 3. The molecular weight excluding hydrogens is 345 g/mol. The van der Waals surface area contributed by atoms with Gasteiger partial charge in [-0.3, -0.25) is 4.90 Å². The van der Waals surface area contributed by atoms with Gasteiger partial charge in [0.2, 0.25) is 0 Å². The molecule has 0 unspecified atom stereocenters. The van der Waals surface area contributed by atoms with Gasteiger partial charge in [-0.1, -0.05) is 6.07 Å². The Bertz CT molecular complexity index is 463. The number of rotatable bonds is 3. The molecule has 2 fully saturated rings. The van der Waals surface area contributed by atoms with Crippen LogP contribution >= 0.6 is 24.8 Å². The molecule has 1 aromatic carbocycles. The molecule has 132 valence electrons. The predicted octanol–water partition coefficient (Wildman–Crippen LogP) is 3.18. The fraction of sp³-hybridized carbons (Fsp3) is 0.625. The maximum atomic E-state index is 14.3.